The molecule has 1 aromatic rings. The van der Waals surface area contributed by atoms with E-state index >= 15 is 0 Å². The molecule has 0 atom stereocenters. The van der Waals surface area contributed by atoms with Crippen LogP contribution in [0.3, 0.4) is 0 Å². The minimum Gasteiger partial charge on any atom is -0.508 e. The van der Waals surface area contributed by atoms with Crippen LogP contribution < -0.4 is 5.73 Å². The number of hydrogen-bond acceptors (Lipinski definition) is 4. The molecular formula is C14H20N2O3. The summed E-state index contributed by atoms with van der Waals surface area (Å²) in [4.78, 5) is 14.0. The molecule has 0 bridgehead atoms. The van der Waals surface area contributed by atoms with E-state index in [1.54, 1.807) is 11.9 Å². The second-order valence-electron chi connectivity index (χ2n) is 5.19. The molecule has 5 heteroatoms. The van der Waals surface area contributed by atoms with Gasteiger partial charge in [0, 0.05) is 25.2 Å². The Morgan fingerprint density at radius 3 is 2.47 bits per heavy atom. The van der Waals surface area contributed by atoms with Crippen molar-refractivity contribution in [2.75, 3.05) is 7.05 Å². The van der Waals surface area contributed by atoms with E-state index in [-0.39, 0.29) is 35.1 Å². The van der Waals surface area contributed by atoms with Crippen molar-refractivity contribution >= 4 is 5.91 Å². The van der Waals surface area contributed by atoms with Gasteiger partial charge in [0.2, 0.25) is 0 Å². The van der Waals surface area contributed by atoms with E-state index in [1.165, 1.54) is 18.2 Å². The molecule has 0 saturated heterocycles. The number of phenols is 2. The minimum absolute atomic E-state index is 0.0552. The van der Waals surface area contributed by atoms with E-state index in [1.807, 2.05) is 0 Å². The molecule has 0 radical (unpaired) electrons. The number of aromatic hydroxyl groups is 2. The standard InChI is InChI=1S/C14H20N2O3/c1-16(10-4-2-9(15)3-5-10)14(19)12-7-6-11(17)8-13(12)18/h6-10,17-18H,2-5,15H2,1H3. The molecule has 1 amide bonds. The molecule has 1 aliphatic rings. The molecule has 0 heterocycles. The molecule has 1 saturated carbocycles. The van der Waals surface area contributed by atoms with Crippen molar-refractivity contribution in [3.8, 4) is 11.5 Å². The Hall–Kier alpha value is -1.75. The van der Waals surface area contributed by atoms with Gasteiger partial charge in [0.25, 0.3) is 5.91 Å². The Bertz CT molecular complexity index is 468. The Balaban J connectivity index is 2.10. The van der Waals surface area contributed by atoms with E-state index in [0.717, 1.165) is 25.7 Å². The SMILES string of the molecule is CN(C(=O)c1ccc(O)cc1O)C1CCC(N)CC1. The molecule has 2 rings (SSSR count). The Morgan fingerprint density at radius 2 is 1.89 bits per heavy atom. The van der Waals surface area contributed by atoms with Gasteiger partial charge >= 0.3 is 0 Å². The van der Waals surface area contributed by atoms with Gasteiger partial charge < -0.3 is 20.8 Å². The fourth-order valence-corrected chi connectivity index (χ4v) is 2.55. The Morgan fingerprint density at radius 1 is 1.26 bits per heavy atom. The van der Waals surface area contributed by atoms with Crippen molar-refractivity contribution in [1.29, 1.82) is 0 Å². The molecule has 0 spiro atoms. The van der Waals surface area contributed by atoms with Crippen LogP contribution in [0.25, 0.3) is 0 Å². The lowest BCUT2D eigenvalue weighted by Crippen LogP contribution is -2.41. The molecule has 19 heavy (non-hydrogen) atoms. The van der Waals surface area contributed by atoms with Gasteiger partial charge in [-0.25, -0.2) is 0 Å². The monoisotopic (exact) mass is 264 g/mol. The van der Waals surface area contributed by atoms with Gasteiger partial charge in [-0.05, 0) is 37.8 Å². The van der Waals surface area contributed by atoms with Crippen LogP contribution in [0.5, 0.6) is 11.5 Å². The van der Waals surface area contributed by atoms with E-state index in [2.05, 4.69) is 0 Å². The number of nitrogens with two attached hydrogens (primary N) is 1. The highest BCUT2D eigenvalue weighted by molar-refractivity contribution is 5.97. The predicted octanol–water partition coefficient (Wildman–Crippen LogP) is 1.44. The first-order chi connectivity index (χ1) is 8.99. The average molecular weight is 264 g/mol. The van der Waals surface area contributed by atoms with Crippen LogP contribution in [-0.2, 0) is 0 Å². The van der Waals surface area contributed by atoms with Crippen molar-refractivity contribution in [3.63, 3.8) is 0 Å². The molecule has 5 nitrogen and oxygen atoms in total. The summed E-state index contributed by atoms with van der Waals surface area (Å²) in [5.74, 6) is -0.470. The lowest BCUT2D eigenvalue weighted by atomic mass is 9.90. The fourth-order valence-electron chi connectivity index (χ4n) is 2.55. The molecule has 0 aromatic heterocycles. The van der Waals surface area contributed by atoms with Crippen LogP contribution in [0, 0.1) is 0 Å². The lowest BCUT2D eigenvalue weighted by Gasteiger charge is -2.33. The summed E-state index contributed by atoms with van der Waals surface area (Å²) >= 11 is 0. The Labute approximate surface area is 112 Å². The van der Waals surface area contributed by atoms with Crippen molar-refractivity contribution in [3.05, 3.63) is 23.8 Å². The molecule has 1 aromatic carbocycles. The number of phenolic OH excluding ortho intramolecular Hbond substituents is 2. The topological polar surface area (TPSA) is 86.8 Å². The Kier molecular flexibility index (Phi) is 3.95. The highest BCUT2D eigenvalue weighted by Crippen LogP contribution is 2.27. The van der Waals surface area contributed by atoms with E-state index in [0.29, 0.717) is 0 Å². The minimum atomic E-state index is -0.224. The van der Waals surface area contributed by atoms with E-state index in [9.17, 15) is 15.0 Å². The molecule has 1 aliphatic carbocycles. The first kappa shape index (κ1) is 13.7. The average Bonchev–Trinajstić information content (AvgIpc) is 2.38. The highest BCUT2D eigenvalue weighted by atomic mass is 16.3. The summed E-state index contributed by atoms with van der Waals surface area (Å²) in [5, 5.41) is 19.0. The van der Waals surface area contributed by atoms with Crippen LogP contribution in [0.4, 0.5) is 0 Å². The summed E-state index contributed by atoms with van der Waals surface area (Å²) in [7, 11) is 1.75. The quantitative estimate of drug-likeness (QED) is 0.754. The van der Waals surface area contributed by atoms with Crippen molar-refractivity contribution in [1.82, 2.24) is 4.90 Å². The maximum absolute atomic E-state index is 12.3. The summed E-state index contributed by atoms with van der Waals surface area (Å²) in [6.45, 7) is 0. The third kappa shape index (κ3) is 2.98. The lowest BCUT2D eigenvalue weighted by molar-refractivity contribution is 0.0687. The zero-order valence-corrected chi connectivity index (χ0v) is 11.0. The summed E-state index contributed by atoms with van der Waals surface area (Å²) in [6, 6.07) is 4.43. The van der Waals surface area contributed by atoms with Crippen LogP contribution in [0.15, 0.2) is 18.2 Å². The first-order valence-electron chi connectivity index (χ1n) is 6.53. The van der Waals surface area contributed by atoms with E-state index in [4.69, 9.17) is 5.73 Å². The van der Waals surface area contributed by atoms with Crippen LogP contribution in [-0.4, -0.2) is 40.2 Å². The van der Waals surface area contributed by atoms with Gasteiger partial charge in [0.15, 0.2) is 0 Å². The third-order valence-corrected chi connectivity index (χ3v) is 3.82. The smallest absolute Gasteiger partial charge is 0.257 e. The van der Waals surface area contributed by atoms with Gasteiger partial charge in [0.1, 0.15) is 11.5 Å². The summed E-state index contributed by atoms with van der Waals surface area (Å²) in [6.07, 6.45) is 3.62. The van der Waals surface area contributed by atoms with Crippen molar-refractivity contribution < 1.29 is 15.0 Å². The van der Waals surface area contributed by atoms with E-state index < -0.39 is 0 Å². The normalized spacial score (nSPS) is 23.1. The maximum Gasteiger partial charge on any atom is 0.257 e. The van der Waals surface area contributed by atoms with Gasteiger partial charge in [-0.3, -0.25) is 4.79 Å². The van der Waals surface area contributed by atoms with Crippen LogP contribution >= 0.6 is 0 Å². The van der Waals surface area contributed by atoms with Crippen LogP contribution in [0.1, 0.15) is 36.0 Å². The van der Waals surface area contributed by atoms with Gasteiger partial charge in [-0.2, -0.15) is 0 Å². The van der Waals surface area contributed by atoms with Crippen molar-refractivity contribution in [2.45, 2.75) is 37.8 Å². The van der Waals surface area contributed by atoms with Gasteiger partial charge in [-0.15, -0.1) is 0 Å². The number of nitrogens with zero attached hydrogens (tertiary/aromatic N) is 1. The second-order valence-corrected chi connectivity index (χ2v) is 5.19. The molecule has 1 fully saturated rings. The number of carbonyl (C=O) groups is 1. The molecule has 104 valence electrons. The zero-order valence-electron chi connectivity index (χ0n) is 11.0. The van der Waals surface area contributed by atoms with Gasteiger partial charge in [0.05, 0.1) is 5.56 Å². The maximum atomic E-state index is 12.3. The van der Waals surface area contributed by atoms with Crippen molar-refractivity contribution in [2.24, 2.45) is 5.73 Å². The number of hydrogen-bond donors (Lipinski definition) is 3. The molecule has 4 N–H and O–H groups in total. The summed E-state index contributed by atoms with van der Waals surface area (Å²) < 4.78 is 0. The zero-order chi connectivity index (χ0) is 14.0. The second kappa shape index (κ2) is 5.48. The van der Waals surface area contributed by atoms with Gasteiger partial charge in [-0.1, -0.05) is 0 Å². The number of benzene rings is 1. The van der Waals surface area contributed by atoms with Crippen LogP contribution in [0.2, 0.25) is 0 Å². The molecule has 0 unspecified atom stereocenters. The third-order valence-electron chi connectivity index (χ3n) is 3.82. The predicted molar refractivity (Wildman–Crippen MR) is 72.1 cm³/mol. The number of carbonyl (C=O) groups excluding carboxylic acids is 1. The fraction of sp³-hybridized carbons (Fsp3) is 0.500. The number of rotatable bonds is 2. The largest absolute Gasteiger partial charge is 0.508 e. The molecular weight excluding hydrogens is 244 g/mol. The first-order valence-corrected chi connectivity index (χ1v) is 6.53. The molecule has 0 aliphatic heterocycles. The summed E-state index contributed by atoms with van der Waals surface area (Å²) in [5.41, 5.74) is 6.07. The highest BCUT2D eigenvalue weighted by Gasteiger charge is 2.26. The number of amides is 1.